The van der Waals surface area contributed by atoms with Crippen LogP contribution in [0.3, 0.4) is 0 Å². The molecule has 142 valence electrons. The van der Waals surface area contributed by atoms with E-state index in [-0.39, 0.29) is 6.42 Å². The van der Waals surface area contributed by atoms with Gasteiger partial charge in [-0.2, -0.15) is 5.26 Å². The molecule has 1 atom stereocenters. The van der Waals surface area contributed by atoms with Crippen molar-refractivity contribution in [1.29, 1.82) is 5.26 Å². The number of fused-ring (bicyclic) bond motifs is 1. The van der Waals surface area contributed by atoms with Crippen LogP contribution in [0.5, 0.6) is 5.75 Å². The van der Waals surface area contributed by atoms with Crippen LogP contribution in [0, 0.1) is 31.1 Å². The number of nitrogens with one attached hydrogen (secondary N) is 1. The minimum atomic E-state index is -0.909. The highest BCUT2D eigenvalue weighted by Crippen LogP contribution is 2.28. The number of rotatable bonds is 5. The van der Waals surface area contributed by atoms with Crippen LogP contribution in [0.25, 0.3) is 10.9 Å². The lowest BCUT2D eigenvalue weighted by molar-refractivity contribution is -0.118. The first-order valence-electron chi connectivity index (χ1n) is 8.83. The molecule has 1 aromatic heterocycles. The van der Waals surface area contributed by atoms with E-state index in [9.17, 15) is 10.1 Å². The number of methoxy groups -OCH3 is 1. The molecule has 28 heavy (non-hydrogen) atoms. The Kier molecular flexibility index (Phi) is 5.81. The molecule has 0 spiro atoms. The molecule has 1 amide bonds. The lowest BCUT2D eigenvalue weighted by atomic mass is 9.98. The largest absolute Gasteiger partial charge is 0.495 e. The normalized spacial score (nSPS) is 11.7. The van der Waals surface area contributed by atoms with E-state index in [0.29, 0.717) is 22.2 Å². The Labute approximate surface area is 168 Å². The van der Waals surface area contributed by atoms with Gasteiger partial charge in [-0.25, -0.2) is 4.98 Å². The average molecular weight is 394 g/mol. The van der Waals surface area contributed by atoms with Crippen molar-refractivity contribution in [3.05, 3.63) is 64.3 Å². The summed E-state index contributed by atoms with van der Waals surface area (Å²) in [6, 6.07) is 15.0. The second-order valence-corrected chi connectivity index (χ2v) is 6.95. The van der Waals surface area contributed by atoms with Gasteiger partial charge >= 0.3 is 0 Å². The Morgan fingerprint density at radius 3 is 2.75 bits per heavy atom. The van der Waals surface area contributed by atoms with Gasteiger partial charge in [-0.05, 0) is 48.7 Å². The third-order valence-corrected chi connectivity index (χ3v) is 5.13. The predicted molar refractivity (Wildman–Crippen MR) is 111 cm³/mol. The Hall–Kier alpha value is -3.10. The van der Waals surface area contributed by atoms with Crippen molar-refractivity contribution in [3.63, 3.8) is 0 Å². The maximum Gasteiger partial charge on any atom is 0.242 e. The van der Waals surface area contributed by atoms with Gasteiger partial charge in [0.15, 0.2) is 0 Å². The molecule has 6 heteroatoms. The molecule has 0 bridgehead atoms. The van der Waals surface area contributed by atoms with Crippen LogP contribution in [0.1, 0.15) is 16.7 Å². The van der Waals surface area contributed by atoms with Crippen molar-refractivity contribution >= 4 is 34.1 Å². The number of para-hydroxylation sites is 2. The van der Waals surface area contributed by atoms with Crippen molar-refractivity contribution in [3.8, 4) is 11.8 Å². The van der Waals surface area contributed by atoms with Gasteiger partial charge in [0.2, 0.25) is 5.91 Å². The second kappa shape index (κ2) is 8.28. The number of nitrogens with zero attached hydrogens (tertiary/aromatic N) is 2. The van der Waals surface area contributed by atoms with Gasteiger partial charge in [-0.1, -0.05) is 35.9 Å². The van der Waals surface area contributed by atoms with E-state index in [1.54, 1.807) is 24.3 Å². The summed E-state index contributed by atoms with van der Waals surface area (Å²) in [6.07, 6.45) is 0.173. The minimum absolute atomic E-state index is 0.173. The van der Waals surface area contributed by atoms with Gasteiger partial charge in [0.25, 0.3) is 0 Å². The lowest BCUT2D eigenvalue weighted by Gasteiger charge is -2.14. The third kappa shape index (κ3) is 3.92. The predicted octanol–water partition coefficient (Wildman–Crippen LogP) is 4.83. The van der Waals surface area contributed by atoms with Crippen LogP contribution in [0.2, 0.25) is 5.15 Å². The van der Waals surface area contributed by atoms with Crippen molar-refractivity contribution < 1.29 is 9.53 Å². The van der Waals surface area contributed by atoms with Crippen LogP contribution in [-0.4, -0.2) is 18.0 Å². The quantitative estimate of drug-likeness (QED) is 0.629. The van der Waals surface area contributed by atoms with Gasteiger partial charge in [-0.3, -0.25) is 4.79 Å². The van der Waals surface area contributed by atoms with Crippen LogP contribution in [-0.2, 0) is 11.2 Å². The summed E-state index contributed by atoms with van der Waals surface area (Å²) in [5.41, 5.74) is 4.22. The summed E-state index contributed by atoms with van der Waals surface area (Å²) in [5, 5.41) is 13.5. The number of hydrogen-bond acceptors (Lipinski definition) is 4. The summed E-state index contributed by atoms with van der Waals surface area (Å²) >= 11 is 6.37. The number of amides is 1. The summed E-state index contributed by atoms with van der Waals surface area (Å²) in [5.74, 6) is -0.791. The monoisotopic (exact) mass is 393 g/mol. The molecule has 0 saturated carbocycles. The maximum absolute atomic E-state index is 12.6. The highest BCUT2D eigenvalue weighted by molar-refractivity contribution is 6.30. The van der Waals surface area contributed by atoms with Gasteiger partial charge in [0, 0.05) is 11.8 Å². The number of carbonyl (C=O) groups excluding carboxylic acids is 1. The fourth-order valence-electron chi connectivity index (χ4n) is 3.03. The SMILES string of the molecule is COc1ccccc1NC(=O)[C@@H](C#N)Cc1cc2ccc(C)c(C)c2nc1Cl. The number of pyridine rings is 1. The van der Waals surface area contributed by atoms with E-state index in [0.717, 1.165) is 22.0 Å². The zero-order valence-electron chi connectivity index (χ0n) is 15.9. The number of nitriles is 1. The number of halogens is 1. The smallest absolute Gasteiger partial charge is 0.242 e. The molecular formula is C22H20ClN3O2. The molecule has 0 aliphatic heterocycles. The number of carbonyl (C=O) groups is 1. The van der Waals surface area contributed by atoms with E-state index in [4.69, 9.17) is 16.3 Å². The van der Waals surface area contributed by atoms with Gasteiger partial charge in [0.05, 0.1) is 24.4 Å². The Morgan fingerprint density at radius 1 is 1.29 bits per heavy atom. The zero-order chi connectivity index (χ0) is 20.3. The van der Waals surface area contributed by atoms with E-state index in [2.05, 4.69) is 16.4 Å². The summed E-state index contributed by atoms with van der Waals surface area (Å²) in [6.45, 7) is 4.02. The Bertz CT molecular complexity index is 1090. The van der Waals surface area contributed by atoms with Crippen LogP contribution in [0.15, 0.2) is 42.5 Å². The Balaban J connectivity index is 1.86. The van der Waals surface area contributed by atoms with Crippen molar-refractivity contribution in [2.75, 3.05) is 12.4 Å². The molecule has 3 rings (SSSR count). The van der Waals surface area contributed by atoms with E-state index < -0.39 is 11.8 Å². The van der Waals surface area contributed by atoms with E-state index in [1.807, 2.05) is 32.0 Å². The number of hydrogen-bond donors (Lipinski definition) is 1. The molecule has 2 aromatic carbocycles. The van der Waals surface area contributed by atoms with Crippen LogP contribution >= 0.6 is 11.6 Å². The average Bonchev–Trinajstić information content (AvgIpc) is 2.70. The summed E-state index contributed by atoms with van der Waals surface area (Å²) in [7, 11) is 1.52. The Morgan fingerprint density at radius 2 is 2.04 bits per heavy atom. The lowest BCUT2D eigenvalue weighted by Crippen LogP contribution is -2.24. The number of benzene rings is 2. The number of aromatic nitrogens is 1. The fraction of sp³-hybridized carbons (Fsp3) is 0.227. The van der Waals surface area contributed by atoms with Crippen molar-refractivity contribution in [1.82, 2.24) is 4.98 Å². The van der Waals surface area contributed by atoms with E-state index >= 15 is 0 Å². The first-order chi connectivity index (χ1) is 13.4. The first kappa shape index (κ1) is 19.7. The standard InChI is InChI=1S/C22H20ClN3O2/c1-13-8-9-15-10-16(21(23)26-20(15)14(13)2)11-17(12-24)22(27)25-18-6-4-5-7-19(18)28-3/h4-10,17H,11H2,1-3H3,(H,25,27)/t17-/m1/s1. The maximum atomic E-state index is 12.6. The summed E-state index contributed by atoms with van der Waals surface area (Å²) < 4.78 is 5.24. The van der Waals surface area contributed by atoms with Crippen molar-refractivity contribution in [2.24, 2.45) is 5.92 Å². The minimum Gasteiger partial charge on any atom is -0.495 e. The van der Waals surface area contributed by atoms with Gasteiger partial charge in [0.1, 0.15) is 16.8 Å². The molecule has 0 fully saturated rings. The number of ether oxygens (including phenoxy) is 1. The molecule has 0 aliphatic rings. The molecule has 0 unspecified atom stereocenters. The molecule has 0 radical (unpaired) electrons. The van der Waals surface area contributed by atoms with E-state index in [1.165, 1.54) is 7.11 Å². The highest BCUT2D eigenvalue weighted by atomic mass is 35.5. The number of aryl methyl sites for hydroxylation is 2. The fourth-order valence-corrected chi connectivity index (χ4v) is 3.25. The number of anilines is 1. The molecule has 5 nitrogen and oxygen atoms in total. The molecule has 1 heterocycles. The molecule has 1 N–H and O–H groups in total. The molecule has 3 aromatic rings. The van der Waals surface area contributed by atoms with Gasteiger partial charge in [-0.15, -0.1) is 0 Å². The topological polar surface area (TPSA) is 75.0 Å². The molecule has 0 saturated heterocycles. The highest BCUT2D eigenvalue weighted by Gasteiger charge is 2.22. The molecular weight excluding hydrogens is 374 g/mol. The second-order valence-electron chi connectivity index (χ2n) is 6.59. The first-order valence-corrected chi connectivity index (χ1v) is 9.21. The molecule has 0 aliphatic carbocycles. The van der Waals surface area contributed by atoms with Crippen LogP contribution < -0.4 is 10.1 Å². The third-order valence-electron chi connectivity index (χ3n) is 4.80. The van der Waals surface area contributed by atoms with Gasteiger partial charge < -0.3 is 10.1 Å². The van der Waals surface area contributed by atoms with Crippen LogP contribution in [0.4, 0.5) is 5.69 Å². The zero-order valence-corrected chi connectivity index (χ0v) is 16.7. The van der Waals surface area contributed by atoms with Crippen molar-refractivity contribution in [2.45, 2.75) is 20.3 Å². The summed E-state index contributed by atoms with van der Waals surface area (Å²) in [4.78, 5) is 17.1.